The summed E-state index contributed by atoms with van der Waals surface area (Å²) in [5.41, 5.74) is 2.17. The van der Waals surface area contributed by atoms with Crippen molar-refractivity contribution < 1.29 is 28.6 Å². The van der Waals surface area contributed by atoms with Crippen LogP contribution in [0.15, 0.2) is 42.7 Å². The minimum atomic E-state index is -0.771. The van der Waals surface area contributed by atoms with E-state index in [4.69, 9.17) is 14.2 Å². The van der Waals surface area contributed by atoms with Crippen LogP contribution in [-0.2, 0) is 25.5 Å². The van der Waals surface area contributed by atoms with Crippen LogP contribution >= 0.6 is 0 Å². The summed E-state index contributed by atoms with van der Waals surface area (Å²) in [6.07, 6.45) is 1.70. The number of hydrogen-bond acceptors (Lipinski definition) is 9. The van der Waals surface area contributed by atoms with Gasteiger partial charge in [-0.25, -0.2) is 14.8 Å². The molecule has 1 atom stereocenters. The standard InChI is InChI=1S/C23H24N4O6/c1-13(28)26-19(23(30)32-4)9-15-5-7-16(8-6-15)27-22-17-10-21(33-14(2)29)20(31-3)11-18(17)24-12-25-22/h5-8,10-12,19H,9H2,1-4H3,(H,26,28)(H,24,25,27). The molecular formula is C23H24N4O6. The van der Waals surface area contributed by atoms with Gasteiger partial charge in [0.15, 0.2) is 11.5 Å². The van der Waals surface area contributed by atoms with E-state index in [9.17, 15) is 14.4 Å². The molecule has 0 spiro atoms. The zero-order valence-corrected chi connectivity index (χ0v) is 18.7. The minimum absolute atomic E-state index is 0.262. The molecule has 1 unspecified atom stereocenters. The number of nitrogens with zero attached hydrogens (tertiary/aromatic N) is 2. The highest BCUT2D eigenvalue weighted by Gasteiger charge is 2.20. The summed E-state index contributed by atoms with van der Waals surface area (Å²) >= 11 is 0. The van der Waals surface area contributed by atoms with E-state index in [1.807, 2.05) is 24.3 Å². The lowest BCUT2D eigenvalue weighted by atomic mass is 10.1. The van der Waals surface area contributed by atoms with Gasteiger partial charge in [0.25, 0.3) is 0 Å². The van der Waals surface area contributed by atoms with Crippen molar-refractivity contribution >= 4 is 40.3 Å². The Hall–Kier alpha value is -4.21. The molecule has 2 N–H and O–H groups in total. The molecule has 2 aromatic carbocycles. The Balaban J connectivity index is 1.84. The van der Waals surface area contributed by atoms with Crippen LogP contribution in [0.3, 0.4) is 0 Å². The number of esters is 2. The number of amides is 1. The van der Waals surface area contributed by atoms with Crippen LogP contribution in [0.4, 0.5) is 11.5 Å². The molecule has 0 bridgehead atoms. The molecule has 1 heterocycles. The molecule has 0 saturated heterocycles. The van der Waals surface area contributed by atoms with Crippen molar-refractivity contribution in [1.29, 1.82) is 0 Å². The van der Waals surface area contributed by atoms with E-state index in [0.29, 0.717) is 22.5 Å². The van der Waals surface area contributed by atoms with Gasteiger partial charge in [0.05, 0.1) is 19.7 Å². The number of benzene rings is 2. The van der Waals surface area contributed by atoms with Crippen LogP contribution in [0.25, 0.3) is 10.9 Å². The highest BCUT2D eigenvalue weighted by molar-refractivity contribution is 5.93. The largest absolute Gasteiger partial charge is 0.493 e. The van der Waals surface area contributed by atoms with Gasteiger partial charge in [0, 0.05) is 37.4 Å². The van der Waals surface area contributed by atoms with Gasteiger partial charge < -0.3 is 24.8 Å². The number of hydrogen-bond donors (Lipinski definition) is 2. The van der Waals surface area contributed by atoms with Crippen molar-refractivity contribution in [2.24, 2.45) is 0 Å². The highest BCUT2D eigenvalue weighted by atomic mass is 16.6. The fourth-order valence-corrected chi connectivity index (χ4v) is 3.24. The fraction of sp³-hybridized carbons (Fsp3) is 0.261. The summed E-state index contributed by atoms with van der Waals surface area (Å²) < 4.78 is 15.3. The lowest BCUT2D eigenvalue weighted by Gasteiger charge is -2.16. The fourth-order valence-electron chi connectivity index (χ4n) is 3.24. The van der Waals surface area contributed by atoms with Gasteiger partial charge >= 0.3 is 11.9 Å². The maximum atomic E-state index is 11.9. The monoisotopic (exact) mass is 452 g/mol. The number of carbonyl (C=O) groups excluding carboxylic acids is 3. The normalized spacial score (nSPS) is 11.4. The van der Waals surface area contributed by atoms with E-state index in [1.54, 1.807) is 12.1 Å². The van der Waals surface area contributed by atoms with Gasteiger partial charge in [0.1, 0.15) is 18.2 Å². The number of ether oxygens (including phenoxy) is 3. The van der Waals surface area contributed by atoms with E-state index >= 15 is 0 Å². The van der Waals surface area contributed by atoms with Crippen molar-refractivity contribution in [3.05, 3.63) is 48.3 Å². The first-order valence-corrected chi connectivity index (χ1v) is 10.0. The SMILES string of the molecule is COC(=O)C(Cc1ccc(Nc2ncnc3cc(OC)c(OC(C)=O)cc23)cc1)NC(C)=O. The summed E-state index contributed by atoms with van der Waals surface area (Å²) in [5.74, 6) is -0.153. The molecule has 3 rings (SSSR count). The second-order valence-electron chi connectivity index (χ2n) is 7.14. The summed E-state index contributed by atoms with van der Waals surface area (Å²) in [6.45, 7) is 2.65. The van der Waals surface area contributed by atoms with Gasteiger partial charge in [0.2, 0.25) is 5.91 Å². The smallest absolute Gasteiger partial charge is 0.328 e. The van der Waals surface area contributed by atoms with Crippen LogP contribution in [0, 0.1) is 0 Å². The van der Waals surface area contributed by atoms with Crippen molar-refractivity contribution in [3.63, 3.8) is 0 Å². The molecule has 0 aliphatic rings. The zero-order valence-electron chi connectivity index (χ0n) is 18.7. The van der Waals surface area contributed by atoms with E-state index in [-0.39, 0.29) is 18.1 Å². The van der Waals surface area contributed by atoms with E-state index in [2.05, 4.69) is 20.6 Å². The predicted octanol–water partition coefficient (Wildman–Crippen LogP) is 2.53. The van der Waals surface area contributed by atoms with Crippen molar-refractivity contribution in [3.8, 4) is 11.5 Å². The molecule has 0 fully saturated rings. The summed E-state index contributed by atoms with van der Waals surface area (Å²) in [7, 11) is 2.76. The lowest BCUT2D eigenvalue weighted by Crippen LogP contribution is -2.41. The van der Waals surface area contributed by atoms with Crippen LogP contribution in [-0.4, -0.2) is 48.1 Å². The predicted molar refractivity (Wildman–Crippen MR) is 120 cm³/mol. The molecule has 0 radical (unpaired) electrons. The number of methoxy groups -OCH3 is 2. The molecule has 0 aliphatic heterocycles. The summed E-state index contributed by atoms with van der Waals surface area (Å²) in [6, 6.07) is 9.84. The number of carbonyl (C=O) groups is 3. The Labute approximate surface area is 190 Å². The number of rotatable bonds is 8. The van der Waals surface area contributed by atoms with E-state index in [1.165, 1.54) is 34.4 Å². The van der Waals surface area contributed by atoms with Gasteiger partial charge in [-0.05, 0) is 23.8 Å². The van der Waals surface area contributed by atoms with Crippen molar-refractivity contribution in [2.75, 3.05) is 19.5 Å². The molecule has 1 aromatic heterocycles. The maximum Gasteiger partial charge on any atom is 0.328 e. The van der Waals surface area contributed by atoms with E-state index < -0.39 is 18.0 Å². The Morgan fingerprint density at radius 1 is 1.00 bits per heavy atom. The third-order valence-electron chi connectivity index (χ3n) is 4.69. The molecular weight excluding hydrogens is 428 g/mol. The Bertz CT molecular complexity index is 1180. The number of nitrogens with one attached hydrogen (secondary N) is 2. The molecule has 10 heteroatoms. The first-order chi connectivity index (χ1) is 15.8. The second-order valence-corrected chi connectivity index (χ2v) is 7.14. The Morgan fingerprint density at radius 3 is 2.33 bits per heavy atom. The molecule has 0 saturated carbocycles. The van der Waals surface area contributed by atoms with Gasteiger partial charge in [-0.3, -0.25) is 9.59 Å². The molecule has 1 amide bonds. The average molecular weight is 452 g/mol. The number of anilines is 2. The highest BCUT2D eigenvalue weighted by Crippen LogP contribution is 2.34. The third kappa shape index (κ3) is 5.94. The zero-order chi connectivity index (χ0) is 24.0. The number of aromatic nitrogens is 2. The molecule has 33 heavy (non-hydrogen) atoms. The molecule has 10 nitrogen and oxygen atoms in total. The maximum absolute atomic E-state index is 11.9. The van der Waals surface area contributed by atoms with Crippen molar-refractivity contribution in [1.82, 2.24) is 15.3 Å². The van der Waals surface area contributed by atoms with Crippen molar-refractivity contribution in [2.45, 2.75) is 26.3 Å². The lowest BCUT2D eigenvalue weighted by molar-refractivity contribution is -0.144. The third-order valence-corrected chi connectivity index (χ3v) is 4.69. The van der Waals surface area contributed by atoms with Gasteiger partial charge in [-0.1, -0.05) is 12.1 Å². The van der Waals surface area contributed by atoms with Crippen LogP contribution in [0.2, 0.25) is 0 Å². The van der Waals surface area contributed by atoms with Crippen LogP contribution in [0.5, 0.6) is 11.5 Å². The van der Waals surface area contributed by atoms with Crippen LogP contribution < -0.4 is 20.1 Å². The number of fused-ring (bicyclic) bond motifs is 1. The molecule has 172 valence electrons. The Kier molecular flexibility index (Phi) is 7.39. The molecule has 0 aliphatic carbocycles. The summed E-state index contributed by atoms with van der Waals surface area (Å²) in [5, 5.41) is 6.44. The van der Waals surface area contributed by atoms with Gasteiger partial charge in [-0.15, -0.1) is 0 Å². The summed E-state index contributed by atoms with van der Waals surface area (Å²) in [4.78, 5) is 43.3. The van der Waals surface area contributed by atoms with Gasteiger partial charge in [-0.2, -0.15) is 0 Å². The quantitative estimate of drug-likeness (QED) is 0.391. The average Bonchev–Trinajstić information content (AvgIpc) is 2.78. The molecule has 3 aromatic rings. The van der Waals surface area contributed by atoms with E-state index in [0.717, 1.165) is 11.3 Å². The first-order valence-electron chi connectivity index (χ1n) is 10.0. The minimum Gasteiger partial charge on any atom is -0.493 e. The Morgan fingerprint density at radius 2 is 1.73 bits per heavy atom. The van der Waals surface area contributed by atoms with Crippen LogP contribution in [0.1, 0.15) is 19.4 Å². The second kappa shape index (κ2) is 10.4. The first kappa shape index (κ1) is 23.5. The topological polar surface area (TPSA) is 129 Å².